The molecule has 0 aromatic heterocycles. The Kier molecular flexibility index (Phi) is 11.4. The normalized spacial score (nSPS) is 25.8. The Morgan fingerprint density at radius 2 is 1.86 bits per heavy atom. The van der Waals surface area contributed by atoms with Crippen LogP contribution in [0.25, 0.3) is 0 Å². The lowest BCUT2D eigenvalue weighted by atomic mass is 9.99. The van der Waals surface area contributed by atoms with Crippen molar-refractivity contribution >= 4 is 17.9 Å². The number of hydrogen-bond donors (Lipinski definition) is 3. The minimum Gasteiger partial charge on any atom is -0.481 e. The number of carbonyl (C=O) groups is 3. The van der Waals surface area contributed by atoms with Crippen LogP contribution in [0.15, 0.2) is 12.2 Å². The molecule has 8 heteroatoms. The van der Waals surface area contributed by atoms with Gasteiger partial charge < -0.3 is 24.8 Å². The van der Waals surface area contributed by atoms with E-state index in [9.17, 15) is 24.6 Å². The van der Waals surface area contributed by atoms with E-state index in [0.717, 1.165) is 32.1 Å². The molecule has 0 aliphatic carbocycles. The molecule has 0 amide bonds. The molecule has 3 N–H and O–H groups in total. The summed E-state index contributed by atoms with van der Waals surface area (Å²) in [5.74, 6) is -2.35. The lowest BCUT2D eigenvalue weighted by Crippen LogP contribution is -2.40. The Hall–Kier alpha value is -1.93. The number of carboxylic acid groups (broad SMARTS) is 1. The van der Waals surface area contributed by atoms with Crippen molar-refractivity contribution < 1.29 is 39.2 Å². The van der Waals surface area contributed by atoms with Crippen molar-refractivity contribution in [3.05, 3.63) is 12.2 Å². The van der Waals surface area contributed by atoms with Gasteiger partial charge in [0.2, 0.25) is 0 Å². The molecule has 0 unspecified atom stereocenters. The average molecular weight is 400 g/mol. The first-order valence-corrected chi connectivity index (χ1v) is 9.98. The van der Waals surface area contributed by atoms with Gasteiger partial charge in [-0.15, -0.1) is 0 Å². The molecule has 8 nitrogen and oxygen atoms in total. The van der Waals surface area contributed by atoms with E-state index in [1.54, 1.807) is 0 Å². The van der Waals surface area contributed by atoms with Gasteiger partial charge in [0, 0.05) is 6.42 Å². The average Bonchev–Trinajstić information content (AvgIpc) is 2.65. The van der Waals surface area contributed by atoms with Crippen molar-refractivity contribution in [3.8, 4) is 0 Å². The lowest BCUT2D eigenvalue weighted by Gasteiger charge is -2.27. The number of esters is 2. The van der Waals surface area contributed by atoms with Gasteiger partial charge in [0.05, 0.1) is 12.8 Å². The number of rotatable bonds is 10. The Bertz CT molecular complexity index is 530. The third-order valence-corrected chi connectivity index (χ3v) is 4.59. The summed E-state index contributed by atoms with van der Waals surface area (Å²) in [6, 6.07) is 0. The molecule has 1 aliphatic heterocycles. The van der Waals surface area contributed by atoms with E-state index in [-0.39, 0.29) is 25.7 Å². The molecule has 1 rings (SSSR count). The third kappa shape index (κ3) is 9.85. The van der Waals surface area contributed by atoms with Crippen molar-refractivity contribution in [2.75, 3.05) is 0 Å². The predicted molar refractivity (Wildman–Crippen MR) is 100 cm³/mol. The molecule has 0 fully saturated rings. The van der Waals surface area contributed by atoms with Crippen molar-refractivity contribution in [3.63, 3.8) is 0 Å². The van der Waals surface area contributed by atoms with Gasteiger partial charge in [-0.1, -0.05) is 38.7 Å². The summed E-state index contributed by atoms with van der Waals surface area (Å²) >= 11 is 0. The van der Waals surface area contributed by atoms with Crippen LogP contribution in [0.3, 0.4) is 0 Å². The SMILES string of the molecule is CCCCCCC[C@H]1OC(=O)CC[C@H](OC(=O)CCC(=O)O)C=C[C@H](O)[C@@H]1O. The number of aliphatic hydroxyl groups excluding tert-OH is 2. The van der Waals surface area contributed by atoms with Crippen LogP contribution in [0.4, 0.5) is 0 Å². The van der Waals surface area contributed by atoms with Crippen LogP contribution in [0.1, 0.15) is 71.1 Å². The first-order valence-electron chi connectivity index (χ1n) is 9.98. The topological polar surface area (TPSA) is 130 Å². The fourth-order valence-corrected chi connectivity index (χ4v) is 2.94. The van der Waals surface area contributed by atoms with E-state index in [1.165, 1.54) is 12.2 Å². The quantitative estimate of drug-likeness (QED) is 0.289. The fraction of sp³-hybridized carbons (Fsp3) is 0.750. The minimum absolute atomic E-state index is 0.0175. The predicted octanol–water partition coefficient (Wildman–Crippen LogP) is 2.11. The van der Waals surface area contributed by atoms with Crippen LogP contribution in [0, 0.1) is 0 Å². The van der Waals surface area contributed by atoms with Crippen LogP contribution in [0.2, 0.25) is 0 Å². The lowest BCUT2D eigenvalue weighted by molar-refractivity contribution is -0.161. The third-order valence-electron chi connectivity index (χ3n) is 4.59. The van der Waals surface area contributed by atoms with Gasteiger partial charge in [-0.25, -0.2) is 0 Å². The van der Waals surface area contributed by atoms with Gasteiger partial charge >= 0.3 is 17.9 Å². The largest absolute Gasteiger partial charge is 0.481 e. The number of hydrogen-bond acceptors (Lipinski definition) is 7. The number of ether oxygens (including phenoxy) is 2. The first-order chi connectivity index (χ1) is 13.3. The second kappa shape index (κ2) is 13.3. The van der Waals surface area contributed by atoms with Gasteiger partial charge in [-0.05, 0) is 25.3 Å². The summed E-state index contributed by atoms with van der Waals surface area (Å²) in [7, 11) is 0. The number of carbonyl (C=O) groups excluding carboxylic acids is 2. The highest BCUT2D eigenvalue weighted by atomic mass is 16.6. The maximum atomic E-state index is 12.1. The van der Waals surface area contributed by atoms with Crippen molar-refractivity contribution in [2.24, 2.45) is 0 Å². The van der Waals surface area contributed by atoms with Gasteiger partial charge in [-0.3, -0.25) is 14.4 Å². The van der Waals surface area contributed by atoms with Gasteiger partial charge in [-0.2, -0.15) is 0 Å². The van der Waals surface area contributed by atoms with Gasteiger partial charge in [0.15, 0.2) is 0 Å². The van der Waals surface area contributed by atoms with E-state index in [1.807, 2.05) is 0 Å². The van der Waals surface area contributed by atoms with Gasteiger partial charge in [0.25, 0.3) is 0 Å². The van der Waals surface area contributed by atoms with Crippen LogP contribution < -0.4 is 0 Å². The molecule has 0 aromatic rings. The summed E-state index contributed by atoms with van der Waals surface area (Å²) in [6.45, 7) is 2.12. The zero-order valence-corrected chi connectivity index (χ0v) is 16.4. The molecule has 160 valence electrons. The van der Waals surface area contributed by atoms with Crippen LogP contribution >= 0.6 is 0 Å². The molecule has 0 saturated carbocycles. The van der Waals surface area contributed by atoms with Crippen LogP contribution in [-0.2, 0) is 23.9 Å². The zero-order valence-electron chi connectivity index (χ0n) is 16.4. The van der Waals surface area contributed by atoms with Crippen LogP contribution in [-0.4, -0.2) is 57.6 Å². The summed E-state index contributed by atoms with van der Waals surface area (Å²) < 4.78 is 10.5. The van der Waals surface area contributed by atoms with Crippen LogP contribution in [0.5, 0.6) is 0 Å². The standard InChI is InChI=1S/C20H32O8/c1-2-3-4-5-6-7-16-20(26)15(21)10-8-14(9-12-19(25)28-16)27-18(24)13-11-17(22)23/h8,10,14-16,20-21,26H,2-7,9,11-13H2,1H3,(H,22,23)/t14-,15+,16-,20+/m1/s1. The zero-order chi connectivity index (χ0) is 20.9. The maximum absolute atomic E-state index is 12.1. The Balaban J connectivity index is 2.65. The summed E-state index contributed by atoms with van der Waals surface area (Å²) in [4.78, 5) is 34.3. The highest BCUT2D eigenvalue weighted by Gasteiger charge is 2.29. The molecule has 4 atom stereocenters. The highest BCUT2D eigenvalue weighted by Crippen LogP contribution is 2.19. The molecule has 0 saturated heterocycles. The van der Waals surface area contributed by atoms with Crippen molar-refractivity contribution in [1.82, 2.24) is 0 Å². The number of cyclic esters (lactones) is 1. The Morgan fingerprint density at radius 1 is 1.14 bits per heavy atom. The first kappa shape index (κ1) is 24.1. The van der Waals surface area contributed by atoms with E-state index in [0.29, 0.717) is 6.42 Å². The van der Waals surface area contributed by atoms with E-state index >= 15 is 0 Å². The Labute approximate surface area is 165 Å². The maximum Gasteiger partial charge on any atom is 0.306 e. The molecular formula is C20H32O8. The second-order valence-corrected chi connectivity index (χ2v) is 7.06. The second-order valence-electron chi connectivity index (χ2n) is 7.06. The molecule has 28 heavy (non-hydrogen) atoms. The Morgan fingerprint density at radius 3 is 2.54 bits per heavy atom. The molecular weight excluding hydrogens is 368 g/mol. The van der Waals surface area contributed by atoms with E-state index in [2.05, 4.69) is 6.92 Å². The molecule has 0 aromatic carbocycles. The molecule has 1 aliphatic rings. The van der Waals surface area contributed by atoms with E-state index < -0.39 is 42.3 Å². The molecule has 1 heterocycles. The number of aliphatic carboxylic acids is 1. The fourth-order valence-electron chi connectivity index (χ4n) is 2.94. The van der Waals surface area contributed by atoms with Gasteiger partial charge in [0.1, 0.15) is 24.4 Å². The minimum atomic E-state index is -1.27. The van der Waals surface area contributed by atoms with Crippen molar-refractivity contribution in [2.45, 2.75) is 95.5 Å². The molecule has 0 spiro atoms. The number of unbranched alkanes of at least 4 members (excludes halogenated alkanes) is 4. The smallest absolute Gasteiger partial charge is 0.306 e. The summed E-state index contributed by atoms with van der Waals surface area (Å²) in [5, 5.41) is 29.1. The summed E-state index contributed by atoms with van der Waals surface area (Å²) in [6.07, 6.45) is 3.66. The van der Waals surface area contributed by atoms with E-state index in [4.69, 9.17) is 14.6 Å². The molecule has 0 radical (unpaired) electrons. The monoisotopic (exact) mass is 400 g/mol. The number of carboxylic acids is 1. The highest BCUT2D eigenvalue weighted by molar-refractivity contribution is 5.76. The molecule has 0 bridgehead atoms. The van der Waals surface area contributed by atoms with Crippen molar-refractivity contribution in [1.29, 1.82) is 0 Å². The summed E-state index contributed by atoms with van der Waals surface area (Å²) in [5.41, 5.74) is 0. The number of aliphatic hydroxyl groups is 2.